The molecule has 206 valence electrons. The molecule has 0 atom stereocenters. The van der Waals surface area contributed by atoms with Gasteiger partial charge in [0, 0.05) is 17.1 Å². The van der Waals surface area contributed by atoms with E-state index >= 15 is 0 Å². The van der Waals surface area contributed by atoms with Gasteiger partial charge in [0.15, 0.2) is 0 Å². The summed E-state index contributed by atoms with van der Waals surface area (Å²) in [7, 11) is 0. The van der Waals surface area contributed by atoms with Crippen molar-refractivity contribution < 1.29 is 0 Å². The zero-order valence-electron chi connectivity index (χ0n) is 25.1. The Morgan fingerprint density at radius 2 is 0.791 bits per heavy atom. The van der Waals surface area contributed by atoms with E-state index in [0.717, 1.165) is 0 Å². The van der Waals surface area contributed by atoms with E-state index in [2.05, 4.69) is 160 Å². The molecule has 1 aliphatic carbocycles. The maximum atomic E-state index is 2.41. The second kappa shape index (κ2) is 9.71. The van der Waals surface area contributed by atoms with Crippen LogP contribution < -0.4 is 4.90 Å². The van der Waals surface area contributed by atoms with E-state index in [1.54, 1.807) is 0 Å². The summed E-state index contributed by atoms with van der Waals surface area (Å²) in [5.74, 6) is 0. The third-order valence-corrected chi connectivity index (χ3v) is 8.81. The minimum absolute atomic E-state index is 1.17. The first kappa shape index (κ1) is 25.6. The van der Waals surface area contributed by atoms with Gasteiger partial charge < -0.3 is 4.90 Å². The summed E-state index contributed by atoms with van der Waals surface area (Å²) in [6.07, 6.45) is 0. The van der Waals surface area contributed by atoms with Gasteiger partial charge in [0.25, 0.3) is 0 Å². The Morgan fingerprint density at radius 1 is 0.326 bits per heavy atom. The molecular formula is C42H33N. The summed E-state index contributed by atoms with van der Waals surface area (Å²) in [5, 5.41) is 5.11. The zero-order valence-corrected chi connectivity index (χ0v) is 25.1. The molecule has 0 saturated carbocycles. The van der Waals surface area contributed by atoms with Crippen LogP contribution in [0.2, 0.25) is 0 Å². The first-order valence-corrected chi connectivity index (χ1v) is 15.1. The summed E-state index contributed by atoms with van der Waals surface area (Å²) in [5.41, 5.74) is 16.5. The largest absolute Gasteiger partial charge is 0.310 e. The molecule has 1 aliphatic rings. The van der Waals surface area contributed by atoms with Crippen molar-refractivity contribution >= 4 is 38.6 Å². The molecule has 7 aromatic carbocycles. The summed E-state index contributed by atoms with van der Waals surface area (Å²) < 4.78 is 0. The van der Waals surface area contributed by atoms with Crippen LogP contribution in [0.4, 0.5) is 17.1 Å². The maximum absolute atomic E-state index is 2.41. The van der Waals surface area contributed by atoms with Gasteiger partial charge in [-0.3, -0.25) is 0 Å². The maximum Gasteiger partial charge on any atom is 0.0468 e. The first-order chi connectivity index (χ1) is 20.9. The smallest absolute Gasteiger partial charge is 0.0468 e. The Labute approximate surface area is 253 Å². The highest BCUT2D eigenvalue weighted by molar-refractivity contribution is 6.12. The fourth-order valence-corrected chi connectivity index (χ4v) is 6.97. The van der Waals surface area contributed by atoms with Crippen LogP contribution in [0.15, 0.2) is 127 Å². The normalized spacial score (nSPS) is 11.7. The number of hydrogen-bond acceptors (Lipinski definition) is 1. The van der Waals surface area contributed by atoms with Crippen molar-refractivity contribution in [3.05, 3.63) is 150 Å². The van der Waals surface area contributed by atoms with E-state index in [9.17, 15) is 0 Å². The number of nitrogens with zero attached hydrogens (tertiary/aromatic N) is 1. The van der Waals surface area contributed by atoms with Crippen molar-refractivity contribution in [3.63, 3.8) is 0 Å². The number of rotatable bonds is 4. The molecule has 0 aromatic heterocycles. The lowest BCUT2D eigenvalue weighted by molar-refractivity contribution is 1.24. The molecule has 0 spiro atoms. The molecule has 0 fully saturated rings. The van der Waals surface area contributed by atoms with Gasteiger partial charge in [0.1, 0.15) is 0 Å². The molecule has 0 saturated heterocycles. The molecule has 8 rings (SSSR count). The second-order valence-corrected chi connectivity index (χ2v) is 12.3. The molecule has 1 heteroatoms. The van der Waals surface area contributed by atoms with E-state index in [1.165, 1.54) is 94.2 Å². The Bertz CT molecular complexity index is 2130. The summed E-state index contributed by atoms with van der Waals surface area (Å²) in [6, 6.07) is 47.5. The highest BCUT2D eigenvalue weighted by Crippen LogP contribution is 2.51. The molecule has 43 heavy (non-hydrogen) atoms. The van der Waals surface area contributed by atoms with Crippen molar-refractivity contribution in [2.45, 2.75) is 27.7 Å². The molecule has 0 heterocycles. The van der Waals surface area contributed by atoms with E-state index in [4.69, 9.17) is 0 Å². The third kappa shape index (κ3) is 4.40. The molecule has 1 nitrogen and oxygen atoms in total. The SMILES string of the molecule is Cc1cc(C)cc(N(c2cc(C)cc(C)c2)c2ccc3cc4c(cc3c2)-c2cc3ccc(-c5ccccc5)cc3cc2-4)c1. The Hall–Kier alpha value is -5.14. The van der Waals surface area contributed by atoms with Crippen LogP contribution in [0.1, 0.15) is 22.3 Å². The summed E-state index contributed by atoms with van der Waals surface area (Å²) in [4.78, 5) is 2.41. The fraction of sp³-hybridized carbons (Fsp3) is 0.0952. The first-order valence-electron chi connectivity index (χ1n) is 15.1. The third-order valence-electron chi connectivity index (χ3n) is 8.81. The molecule has 0 N–H and O–H groups in total. The van der Waals surface area contributed by atoms with Crippen LogP contribution >= 0.6 is 0 Å². The minimum atomic E-state index is 1.17. The van der Waals surface area contributed by atoms with E-state index in [0.29, 0.717) is 0 Å². The van der Waals surface area contributed by atoms with Crippen LogP contribution in [0.25, 0.3) is 54.9 Å². The number of hydrogen-bond donors (Lipinski definition) is 0. The van der Waals surface area contributed by atoms with Crippen molar-refractivity contribution in [3.8, 4) is 33.4 Å². The van der Waals surface area contributed by atoms with Crippen LogP contribution in [0.5, 0.6) is 0 Å². The van der Waals surface area contributed by atoms with Crippen LogP contribution in [0.3, 0.4) is 0 Å². The van der Waals surface area contributed by atoms with Gasteiger partial charge >= 0.3 is 0 Å². The van der Waals surface area contributed by atoms with Gasteiger partial charge in [-0.15, -0.1) is 0 Å². The predicted molar refractivity (Wildman–Crippen MR) is 185 cm³/mol. The van der Waals surface area contributed by atoms with Gasteiger partial charge in [0.05, 0.1) is 0 Å². The predicted octanol–water partition coefficient (Wildman–Crippen LogP) is 12.0. The fourth-order valence-electron chi connectivity index (χ4n) is 6.97. The van der Waals surface area contributed by atoms with Crippen LogP contribution in [-0.2, 0) is 0 Å². The van der Waals surface area contributed by atoms with E-state index in [-0.39, 0.29) is 0 Å². The number of benzene rings is 7. The average Bonchev–Trinajstić information content (AvgIpc) is 2.99. The van der Waals surface area contributed by atoms with Gasteiger partial charge in [-0.1, -0.05) is 60.7 Å². The van der Waals surface area contributed by atoms with Gasteiger partial charge in [-0.2, -0.15) is 0 Å². The van der Waals surface area contributed by atoms with Crippen LogP contribution in [-0.4, -0.2) is 0 Å². The molecule has 0 amide bonds. The standard InChI is InChI=1S/C42H33N/c1-26-14-27(2)17-37(16-26)43(38-18-28(3)15-29(4)19-38)36-13-12-33-23-40-41-24-34-20-31(30-8-6-5-7-9-30)10-11-32(34)22-39(41)42(40)25-35(33)21-36/h5-25H,1-4H3. The quantitative estimate of drug-likeness (QED) is 0.210. The average molecular weight is 552 g/mol. The Balaban J connectivity index is 1.23. The lowest BCUT2D eigenvalue weighted by atomic mass is 9.77. The molecule has 0 unspecified atom stereocenters. The number of fused-ring (bicyclic) bond motifs is 6. The van der Waals surface area contributed by atoms with Crippen molar-refractivity contribution in [1.29, 1.82) is 0 Å². The molecule has 7 aromatic rings. The van der Waals surface area contributed by atoms with Gasteiger partial charge in [-0.05, 0) is 172 Å². The Kier molecular flexibility index (Phi) is 5.77. The van der Waals surface area contributed by atoms with Gasteiger partial charge in [0.2, 0.25) is 0 Å². The summed E-state index contributed by atoms with van der Waals surface area (Å²) >= 11 is 0. The second-order valence-electron chi connectivity index (χ2n) is 12.3. The molecule has 0 bridgehead atoms. The highest BCUT2D eigenvalue weighted by Gasteiger charge is 2.24. The van der Waals surface area contributed by atoms with Crippen LogP contribution in [0, 0.1) is 27.7 Å². The lowest BCUT2D eigenvalue weighted by Crippen LogP contribution is -2.11. The molecular weight excluding hydrogens is 518 g/mol. The topological polar surface area (TPSA) is 3.24 Å². The Morgan fingerprint density at radius 3 is 1.33 bits per heavy atom. The summed E-state index contributed by atoms with van der Waals surface area (Å²) in [6.45, 7) is 8.72. The molecule has 0 radical (unpaired) electrons. The van der Waals surface area contributed by atoms with Crippen molar-refractivity contribution in [2.24, 2.45) is 0 Å². The zero-order chi connectivity index (χ0) is 29.2. The molecule has 0 aliphatic heterocycles. The van der Waals surface area contributed by atoms with Crippen molar-refractivity contribution in [1.82, 2.24) is 0 Å². The minimum Gasteiger partial charge on any atom is -0.310 e. The van der Waals surface area contributed by atoms with E-state index < -0.39 is 0 Å². The monoisotopic (exact) mass is 551 g/mol. The highest BCUT2D eigenvalue weighted by atomic mass is 15.1. The number of aryl methyl sites for hydroxylation is 4. The number of anilines is 3. The van der Waals surface area contributed by atoms with E-state index in [1.807, 2.05) is 0 Å². The van der Waals surface area contributed by atoms with Crippen molar-refractivity contribution in [2.75, 3.05) is 4.90 Å². The lowest BCUT2D eigenvalue weighted by Gasteiger charge is -2.28. The van der Waals surface area contributed by atoms with Gasteiger partial charge in [-0.25, -0.2) is 0 Å².